The zero-order valence-corrected chi connectivity index (χ0v) is 18.4. The molecule has 7 heteroatoms. The van der Waals surface area contributed by atoms with Crippen LogP contribution in [0.5, 0.6) is 0 Å². The van der Waals surface area contributed by atoms with Gasteiger partial charge in [0.15, 0.2) is 5.16 Å². The minimum absolute atomic E-state index is 0.0860. The van der Waals surface area contributed by atoms with Crippen molar-refractivity contribution in [3.05, 3.63) is 87.3 Å². The van der Waals surface area contributed by atoms with Crippen LogP contribution in [0.4, 0.5) is 0 Å². The van der Waals surface area contributed by atoms with Crippen molar-refractivity contribution in [3.63, 3.8) is 0 Å². The Labute approximate surface area is 188 Å². The Hall–Kier alpha value is -2.90. The number of hydrogen-bond donors (Lipinski definition) is 0. The summed E-state index contributed by atoms with van der Waals surface area (Å²) in [5, 5.41) is 3.16. The first-order valence-corrected chi connectivity index (χ1v) is 12.1. The standard InChI is InChI=1S/C24H21N3O2S2/c28-22(26-14-6-12-20(26)21-13-7-15-30-21)16-31-24-25-19-11-5-4-10-18(19)23(29)27(24)17-8-2-1-3-9-17/h1-5,7-11,13,15,20H,6,12,14,16H2/t20-/m0/s1. The van der Waals surface area contributed by atoms with Crippen molar-refractivity contribution in [3.8, 4) is 5.69 Å². The van der Waals surface area contributed by atoms with Gasteiger partial charge in [-0.15, -0.1) is 11.3 Å². The van der Waals surface area contributed by atoms with Gasteiger partial charge in [0.05, 0.1) is 28.4 Å². The number of amides is 1. The van der Waals surface area contributed by atoms with Crippen LogP contribution in [-0.2, 0) is 4.79 Å². The van der Waals surface area contributed by atoms with E-state index in [2.05, 4.69) is 11.4 Å². The van der Waals surface area contributed by atoms with Crippen LogP contribution in [0.15, 0.2) is 82.1 Å². The van der Waals surface area contributed by atoms with Crippen molar-refractivity contribution in [1.82, 2.24) is 14.5 Å². The molecule has 5 nitrogen and oxygen atoms in total. The molecule has 1 aliphatic rings. The van der Waals surface area contributed by atoms with E-state index in [1.165, 1.54) is 16.6 Å². The van der Waals surface area contributed by atoms with Gasteiger partial charge < -0.3 is 4.90 Å². The molecule has 1 fully saturated rings. The lowest BCUT2D eigenvalue weighted by Crippen LogP contribution is -2.32. The SMILES string of the molecule is O=C(CSc1nc2ccccc2c(=O)n1-c1ccccc1)N1CCC[C@H]1c1cccs1. The molecular formula is C24H21N3O2S2. The Morgan fingerprint density at radius 1 is 1.06 bits per heavy atom. The number of likely N-dealkylation sites (tertiary alicyclic amines) is 1. The molecule has 3 heterocycles. The highest BCUT2D eigenvalue weighted by Crippen LogP contribution is 2.35. The van der Waals surface area contributed by atoms with Crippen LogP contribution < -0.4 is 5.56 Å². The lowest BCUT2D eigenvalue weighted by Gasteiger charge is -2.24. The van der Waals surface area contributed by atoms with Crippen LogP contribution in [0.2, 0.25) is 0 Å². The Balaban J connectivity index is 1.46. The third-order valence-corrected chi connectivity index (χ3v) is 7.43. The van der Waals surface area contributed by atoms with Gasteiger partial charge in [0.25, 0.3) is 5.56 Å². The van der Waals surface area contributed by atoms with Crippen molar-refractivity contribution in [2.75, 3.05) is 12.3 Å². The predicted octanol–water partition coefficient (Wildman–Crippen LogP) is 4.90. The molecule has 2 aromatic heterocycles. The molecule has 156 valence electrons. The largest absolute Gasteiger partial charge is 0.334 e. The first-order valence-electron chi connectivity index (χ1n) is 10.3. The highest BCUT2D eigenvalue weighted by Gasteiger charge is 2.30. The van der Waals surface area contributed by atoms with Gasteiger partial charge in [0.1, 0.15) is 0 Å². The van der Waals surface area contributed by atoms with Crippen molar-refractivity contribution in [1.29, 1.82) is 0 Å². The fourth-order valence-electron chi connectivity index (χ4n) is 4.07. The van der Waals surface area contributed by atoms with Gasteiger partial charge in [-0.2, -0.15) is 0 Å². The lowest BCUT2D eigenvalue weighted by atomic mass is 10.2. The number of carbonyl (C=O) groups is 1. The highest BCUT2D eigenvalue weighted by molar-refractivity contribution is 7.99. The molecular weight excluding hydrogens is 426 g/mol. The zero-order chi connectivity index (χ0) is 21.2. The van der Waals surface area contributed by atoms with E-state index in [0.29, 0.717) is 16.1 Å². The fraction of sp³-hybridized carbons (Fsp3) is 0.208. The highest BCUT2D eigenvalue weighted by atomic mass is 32.2. The monoisotopic (exact) mass is 447 g/mol. The number of aromatic nitrogens is 2. The second-order valence-corrected chi connectivity index (χ2v) is 9.36. The molecule has 0 radical (unpaired) electrons. The Morgan fingerprint density at radius 2 is 1.87 bits per heavy atom. The molecule has 2 aromatic carbocycles. The van der Waals surface area contributed by atoms with E-state index in [1.807, 2.05) is 59.5 Å². The summed E-state index contributed by atoms with van der Waals surface area (Å²) in [6, 6.07) is 21.1. The number of fused-ring (bicyclic) bond motifs is 1. The molecule has 1 saturated heterocycles. The average molecular weight is 448 g/mol. The molecule has 0 unspecified atom stereocenters. The summed E-state index contributed by atoms with van der Waals surface area (Å²) in [6.45, 7) is 0.776. The first-order chi connectivity index (χ1) is 15.2. The fourth-order valence-corrected chi connectivity index (χ4v) is 5.84. The van der Waals surface area contributed by atoms with Gasteiger partial charge in [0.2, 0.25) is 5.91 Å². The number of nitrogens with zero attached hydrogens (tertiary/aromatic N) is 3. The summed E-state index contributed by atoms with van der Waals surface area (Å²) in [5.41, 5.74) is 1.27. The van der Waals surface area contributed by atoms with Gasteiger partial charge in [-0.1, -0.05) is 48.2 Å². The number of benzene rings is 2. The Bertz CT molecular complexity index is 1270. The average Bonchev–Trinajstić information content (AvgIpc) is 3.50. The second-order valence-electron chi connectivity index (χ2n) is 7.44. The van der Waals surface area contributed by atoms with Gasteiger partial charge in [-0.25, -0.2) is 4.98 Å². The summed E-state index contributed by atoms with van der Waals surface area (Å²) < 4.78 is 1.61. The van der Waals surface area contributed by atoms with Gasteiger partial charge in [-0.05, 0) is 48.6 Å². The number of carbonyl (C=O) groups excluding carboxylic acids is 1. The topological polar surface area (TPSA) is 55.2 Å². The summed E-state index contributed by atoms with van der Waals surface area (Å²) in [5.74, 6) is 0.336. The van der Waals surface area contributed by atoms with E-state index < -0.39 is 0 Å². The lowest BCUT2D eigenvalue weighted by molar-refractivity contribution is -0.129. The van der Waals surface area contributed by atoms with E-state index >= 15 is 0 Å². The zero-order valence-electron chi connectivity index (χ0n) is 16.8. The second kappa shape index (κ2) is 8.69. The number of thioether (sulfide) groups is 1. The van der Waals surface area contributed by atoms with E-state index in [1.54, 1.807) is 22.0 Å². The van der Waals surface area contributed by atoms with E-state index in [9.17, 15) is 9.59 Å². The van der Waals surface area contributed by atoms with E-state index in [-0.39, 0.29) is 23.3 Å². The van der Waals surface area contributed by atoms with Crippen LogP contribution in [-0.4, -0.2) is 32.7 Å². The van der Waals surface area contributed by atoms with Crippen LogP contribution in [0.3, 0.4) is 0 Å². The molecule has 4 aromatic rings. The van der Waals surface area contributed by atoms with Gasteiger partial charge >= 0.3 is 0 Å². The molecule has 0 saturated carbocycles. The molecule has 0 bridgehead atoms. The minimum atomic E-state index is -0.121. The normalized spacial score (nSPS) is 16.1. The maximum atomic E-state index is 13.3. The third-order valence-electron chi connectivity index (χ3n) is 5.53. The molecule has 31 heavy (non-hydrogen) atoms. The molecule has 0 aliphatic carbocycles. The summed E-state index contributed by atoms with van der Waals surface area (Å²) in [4.78, 5) is 34.3. The van der Waals surface area contributed by atoms with Crippen LogP contribution in [0, 0.1) is 0 Å². The number of hydrogen-bond acceptors (Lipinski definition) is 5. The number of thiophene rings is 1. The molecule has 1 atom stereocenters. The number of rotatable bonds is 5. The van der Waals surface area contributed by atoms with Crippen molar-refractivity contribution in [2.45, 2.75) is 24.0 Å². The molecule has 0 N–H and O–H groups in total. The van der Waals surface area contributed by atoms with Crippen LogP contribution in [0.1, 0.15) is 23.8 Å². The van der Waals surface area contributed by atoms with Crippen LogP contribution in [0.25, 0.3) is 16.6 Å². The summed E-state index contributed by atoms with van der Waals surface area (Å²) in [7, 11) is 0. The predicted molar refractivity (Wildman–Crippen MR) is 126 cm³/mol. The Morgan fingerprint density at radius 3 is 2.68 bits per heavy atom. The Kier molecular flexibility index (Phi) is 5.61. The maximum Gasteiger partial charge on any atom is 0.266 e. The summed E-state index contributed by atoms with van der Waals surface area (Å²) in [6.07, 6.45) is 2.02. The minimum Gasteiger partial charge on any atom is -0.334 e. The van der Waals surface area contributed by atoms with Crippen molar-refractivity contribution in [2.24, 2.45) is 0 Å². The molecule has 5 rings (SSSR count). The first kappa shape index (κ1) is 20.0. The molecule has 0 spiro atoms. The van der Waals surface area contributed by atoms with Gasteiger partial charge in [-0.3, -0.25) is 14.2 Å². The van der Waals surface area contributed by atoms with Crippen LogP contribution >= 0.6 is 23.1 Å². The van der Waals surface area contributed by atoms with E-state index in [4.69, 9.17) is 4.98 Å². The quantitative estimate of drug-likeness (QED) is 0.322. The van der Waals surface area contributed by atoms with Crippen molar-refractivity contribution >= 4 is 39.9 Å². The third kappa shape index (κ3) is 3.91. The maximum absolute atomic E-state index is 13.3. The smallest absolute Gasteiger partial charge is 0.266 e. The summed E-state index contributed by atoms with van der Waals surface area (Å²) >= 11 is 3.03. The molecule has 1 amide bonds. The van der Waals surface area contributed by atoms with Gasteiger partial charge in [0, 0.05) is 11.4 Å². The molecule has 1 aliphatic heterocycles. The number of para-hydroxylation sites is 2. The van der Waals surface area contributed by atoms with E-state index in [0.717, 1.165) is 25.1 Å². The van der Waals surface area contributed by atoms with Crippen molar-refractivity contribution < 1.29 is 4.79 Å².